The van der Waals surface area contributed by atoms with Gasteiger partial charge in [0, 0.05) is 32.6 Å². The molecule has 0 atom stereocenters. The van der Waals surface area contributed by atoms with E-state index < -0.39 is 0 Å². The van der Waals surface area contributed by atoms with E-state index in [1.165, 1.54) is 0 Å². The van der Waals surface area contributed by atoms with E-state index in [4.69, 9.17) is 0 Å². The van der Waals surface area contributed by atoms with Crippen LogP contribution in [0.5, 0.6) is 0 Å². The fourth-order valence-electron chi connectivity index (χ4n) is 1.75. The average molecular weight is 280 g/mol. The second kappa shape index (κ2) is 6.99. The minimum Gasteiger partial charge on any atom is -0.356 e. The van der Waals surface area contributed by atoms with Crippen LogP contribution in [0, 0.1) is 0 Å². The number of carbonyl (C=O) groups is 2. The molecular formula is C12H20N6O2. The van der Waals surface area contributed by atoms with Gasteiger partial charge in [-0.25, -0.2) is 4.68 Å². The van der Waals surface area contributed by atoms with Gasteiger partial charge in [-0.15, -0.1) is 5.10 Å². The molecule has 2 amide bonds. The molecule has 1 aliphatic rings. The lowest BCUT2D eigenvalue weighted by molar-refractivity contribution is -0.120. The van der Waals surface area contributed by atoms with Crippen molar-refractivity contribution in [2.24, 2.45) is 0 Å². The largest absolute Gasteiger partial charge is 0.356 e. The number of hydrogen-bond acceptors (Lipinski definition) is 5. The molecule has 1 aromatic rings. The third-order valence-electron chi connectivity index (χ3n) is 3.09. The number of nitrogens with one attached hydrogen (secondary N) is 3. The van der Waals surface area contributed by atoms with E-state index in [1.807, 2.05) is 6.92 Å². The van der Waals surface area contributed by atoms with E-state index >= 15 is 0 Å². The quantitative estimate of drug-likeness (QED) is 0.599. The first-order chi connectivity index (χ1) is 9.70. The highest BCUT2D eigenvalue weighted by Crippen LogP contribution is 2.09. The molecule has 2 rings (SSSR count). The highest BCUT2D eigenvalue weighted by molar-refractivity contribution is 5.92. The van der Waals surface area contributed by atoms with Gasteiger partial charge in [-0.3, -0.25) is 9.59 Å². The first-order valence-electron chi connectivity index (χ1n) is 6.88. The summed E-state index contributed by atoms with van der Waals surface area (Å²) in [5.41, 5.74) is 0.283. The van der Waals surface area contributed by atoms with Crippen molar-refractivity contribution in [1.29, 1.82) is 0 Å². The summed E-state index contributed by atoms with van der Waals surface area (Å²) in [6.45, 7) is 4.65. The monoisotopic (exact) mass is 280 g/mol. The molecular weight excluding hydrogens is 260 g/mol. The van der Waals surface area contributed by atoms with Gasteiger partial charge in [-0.2, -0.15) is 0 Å². The molecule has 0 saturated carbocycles. The molecule has 8 nitrogen and oxygen atoms in total. The first kappa shape index (κ1) is 14.4. The van der Waals surface area contributed by atoms with Gasteiger partial charge in [-0.1, -0.05) is 12.1 Å². The fraction of sp³-hybridized carbons (Fsp3) is 0.667. The van der Waals surface area contributed by atoms with E-state index in [-0.39, 0.29) is 30.0 Å². The topological polar surface area (TPSA) is 101 Å². The molecule has 1 fully saturated rings. The molecule has 20 heavy (non-hydrogen) atoms. The van der Waals surface area contributed by atoms with Crippen LogP contribution < -0.4 is 16.0 Å². The summed E-state index contributed by atoms with van der Waals surface area (Å²) < 4.78 is 1.69. The highest BCUT2D eigenvalue weighted by atomic mass is 16.2. The van der Waals surface area contributed by atoms with Crippen LogP contribution in [0.1, 0.15) is 36.3 Å². The molecule has 110 valence electrons. The summed E-state index contributed by atoms with van der Waals surface area (Å²) in [6.07, 6.45) is 2.81. The third kappa shape index (κ3) is 3.77. The predicted octanol–water partition coefficient (Wildman–Crippen LogP) is -0.931. The highest BCUT2D eigenvalue weighted by Gasteiger charge is 2.21. The summed E-state index contributed by atoms with van der Waals surface area (Å²) in [4.78, 5) is 23.2. The van der Waals surface area contributed by atoms with E-state index in [1.54, 1.807) is 10.9 Å². The fourth-order valence-corrected chi connectivity index (χ4v) is 1.75. The number of amides is 2. The van der Waals surface area contributed by atoms with Gasteiger partial charge in [0.25, 0.3) is 5.91 Å². The predicted molar refractivity (Wildman–Crippen MR) is 72.2 cm³/mol. The summed E-state index contributed by atoms with van der Waals surface area (Å²) in [5, 5.41) is 16.3. The van der Waals surface area contributed by atoms with Crippen molar-refractivity contribution in [1.82, 2.24) is 30.9 Å². The van der Waals surface area contributed by atoms with E-state index in [0.29, 0.717) is 13.1 Å². The summed E-state index contributed by atoms with van der Waals surface area (Å²) in [7, 11) is 0. The SMILES string of the molecule is CCCNC(=O)CCNC(=O)c1cn(C2CNC2)nn1. The Morgan fingerprint density at radius 3 is 2.85 bits per heavy atom. The number of carbonyl (C=O) groups excluding carboxylic acids is 2. The molecule has 0 aliphatic carbocycles. The van der Waals surface area contributed by atoms with Crippen molar-refractivity contribution in [2.45, 2.75) is 25.8 Å². The number of aromatic nitrogens is 3. The number of hydrogen-bond donors (Lipinski definition) is 3. The molecule has 1 aromatic heterocycles. The molecule has 0 bridgehead atoms. The summed E-state index contributed by atoms with van der Waals surface area (Å²) in [6, 6.07) is 0.281. The van der Waals surface area contributed by atoms with Gasteiger partial charge < -0.3 is 16.0 Å². The maximum Gasteiger partial charge on any atom is 0.273 e. The van der Waals surface area contributed by atoms with Gasteiger partial charge in [0.1, 0.15) is 0 Å². The minimum absolute atomic E-state index is 0.0589. The van der Waals surface area contributed by atoms with Gasteiger partial charge in [0.2, 0.25) is 5.91 Å². The third-order valence-corrected chi connectivity index (χ3v) is 3.09. The van der Waals surface area contributed by atoms with E-state index in [2.05, 4.69) is 26.3 Å². The number of rotatable bonds is 7. The standard InChI is InChI=1S/C12H20N6O2/c1-2-4-14-11(19)3-5-15-12(20)10-8-18(17-16-10)9-6-13-7-9/h8-9,13H,2-7H2,1H3,(H,14,19)(H,15,20). The lowest BCUT2D eigenvalue weighted by Crippen LogP contribution is -2.43. The van der Waals surface area contributed by atoms with Crippen molar-refractivity contribution in [3.8, 4) is 0 Å². The van der Waals surface area contributed by atoms with Crippen molar-refractivity contribution < 1.29 is 9.59 Å². The molecule has 3 N–H and O–H groups in total. The lowest BCUT2D eigenvalue weighted by atomic mass is 10.2. The van der Waals surface area contributed by atoms with Crippen LogP contribution in [0.15, 0.2) is 6.20 Å². The van der Waals surface area contributed by atoms with Gasteiger partial charge in [0.05, 0.1) is 12.2 Å². The van der Waals surface area contributed by atoms with Crippen LogP contribution in [-0.4, -0.2) is 53.0 Å². The molecule has 0 radical (unpaired) electrons. The van der Waals surface area contributed by atoms with Gasteiger partial charge >= 0.3 is 0 Å². The second-order valence-electron chi connectivity index (χ2n) is 4.75. The molecule has 1 saturated heterocycles. The maximum absolute atomic E-state index is 11.8. The van der Waals surface area contributed by atoms with E-state index in [0.717, 1.165) is 19.5 Å². The van der Waals surface area contributed by atoms with Crippen LogP contribution >= 0.6 is 0 Å². The zero-order valence-electron chi connectivity index (χ0n) is 11.6. The Hall–Kier alpha value is -1.96. The smallest absolute Gasteiger partial charge is 0.273 e. The van der Waals surface area contributed by atoms with Gasteiger partial charge in [0.15, 0.2) is 5.69 Å². The van der Waals surface area contributed by atoms with Crippen LogP contribution in [0.4, 0.5) is 0 Å². The molecule has 8 heteroatoms. The van der Waals surface area contributed by atoms with Crippen LogP contribution in [-0.2, 0) is 4.79 Å². The zero-order valence-corrected chi connectivity index (χ0v) is 11.6. The van der Waals surface area contributed by atoms with Crippen molar-refractivity contribution >= 4 is 11.8 Å². The normalized spacial score (nSPS) is 14.7. The first-order valence-corrected chi connectivity index (χ1v) is 6.88. The van der Waals surface area contributed by atoms with Gasteiger partial charge in [-0.05, 0) is 6.42 Å². The lowest BCUT2D eigenvalue weighted by Gasteiger charge is -2.26. The van der Waals surface area contributed by atoms with Crippen LogP contribution in [0.25, 0.3) is 0 Å². The molecule has 1 aliphatic heterocycles. The van der Waals surface area contributed by atoms with Crippen LogP contribution in [0.2, 0.25) is 0 Å². The zero-order chi connectivity index (χ0) is 14.4. The Morgan fingerprint density at radius 2 is 2.20 bits per heavy atom. The van der Waals surface area contributed by atoms with Crippen LogP contribution in [0.3, 0.4) is 0 Å². The number of nitrogens with zero attached hydrogens (tertiary/aromatic N) is 3. The second-order valence-corrected chi connectivity index (χ2v) is 4.75. The molecule has 0 aromatic carbocycles. The summed E-state index contributed by atoms with van der Waals surface area (Å²) in [5.74, 6) is -0.358. The molecule has 0 spiro atoms. The Balaban J connectivity index is 1.71. The van der Waals surface area contributed by atoms with Crippen molar-refractivity contribution in [3.05, 3.63) is 11.9 Å². The molecule has 0 unspecified atom stereocenters. The maximum atomic E-state index is 11.8. The minimum atomic E-state index is -0.299. The average Bonchev–Trinajstić information content (AvgIpc) is 2.83. The Labute approximate surface area is 117 Å². The molecule has 2 heterocycles. The summed E-state index contributed by atoms with van der Waals surface area (Å²) >= 11 is 0. The Bertz CT molecular complexity index is 468. The Kier molecular flexibility index (Phi) is 5.05. The van der Waals surface area contributed by atoms with Crippen molar-refractivity contribution in [3.63, 3.8) is 0 Å². The Morgan fingerprint density at radius 1 is 1.40 bits per heavy atom. The van der Waals surface area contributed by atoms with E-state index in [9.17, 15) is 9.59 Å². The van der Waals surface area contributed by atoms with Crippen molar-refractivity contribution in [2.75, 3.05) is 26.2 Å².